The van der Waals surface area contributed by atoms with E-state index in [0.29, 0.717) is 30.2 Å². The molecule has 0 aromatic heterocycles. The molecular weight excluding hydrogens is 342 g/mol. The molecule has 0 fully saturated rings. The largest absolute Gasteiger partial charge is 0.493 e. The Morgan fingerprint density at radius 1 is 1.00 bits per heavy atom. The normalized spacial score (nSPS) is 18.4. The molecule has 1 unspecified atom stereocenters. The predicted octanol–water partition coefficient (Wildman–Crippen LogP) is 3.89. The topological polar surface area (TPSA) is 48.0 Å². The van der Waals surface area contributed by atoms with Gasteiger partial charge in [-0.15, -0.1) is 0 Å². The monoisotopic (exact) mass is 369 g/mol. The number of anilines is 1. The van der Waals surface area contributed by atoms with Gasteiger partial charge in [-0.05, 0) is 56.5 Å². The Hall–Kier alpha value is -2.69. The molecule has 0 aliphatic carbocycles. The Kier molecular flexibility index (Phi) is 5.05. The second kappa shape index (κ2) is 7.14. The van der Waals surface area contributed by atoms with Crippen molar-refractivity contribution < 1.29 is 19.0 Å². The molecule has 1 amide bonds. The molecule has 27 heavy (non-hydrogen) atoms. The fourth-order valence-electron chi connectivity index (χ4n) is 3.98. The van der Waals surface area contributed by atoms with Crippen LogP contribution in [0.25, 0.3) is 0 Å². The number of nitrogens with zero attached hydrogens (tertiary/aromatic N) is 1. The van der Waals surface area contributed by atoms with Crippen molar-refractivity contribution in [2.75, 3.05) is 32.8 Å². The highest BCUT2D eigenvalue weighted by atomic mass is 16.5. The summed E-state index contributed by atoms with van der Waals surface area (Å²) in [5.74, 6) is 1.87. The maximum Gasteiger partial charge on any atom is 0.237 e. The Morgan fingerprint density at radius 2 is 1.63 bits per heavy atom. The lowest BCUT2D eigenvalue weighted by Crippen LogP contribution is -2.39. The second-order valence-electron chi connectivity index (χ2n) is 7.11. The van der Waals surface area contributed by atoms with Crippen LogP contribution in [-0.2, 0) is 16.6 Å². The number of carbonyl (C=O) groups excluding carboxylic acids is 1. The Bertz CT molecular complexity index is 852. The highest BCUT2D eigenvalue weighted by molar-refractivity contribution is 6.08. The number of likely N-dealkylation sites (N-methyl/N-ethyl adjacent to an activating group) is 1. The zero-order valence-corrected chi connectivity index (χ0v) is 16.9. The number of hydrogen-bond donors (Lipinski definition) is 0. The average molecular weight is 369 g/mol. The van der Waals surface area contributed by atoms with Crippen LogP contribution in [0.3, 0.4) is 0 Å². The van der Waals surface area contributed by atoms with Crippen molar-refractivity contribution in [3.8, 4) is 17.2 Å². The third kappa shape index (κ3) is 3.01. The Labute approximate surface area is 160 Å². The van der Waals surface area contributed by atoms with Crippen molar-refractivity contribution >= 4 is 11.6 Å². The van der Waals surface area contributed by atoms with Crippen LogP contribution in [-0.4, -0.2) is 33.8 Å². The molecule has 0 saturated carbocycles. The van der Waals surface area contributed by atoms with Crippen LogP contribution >= 0.6 is 0 Å². The minimum absolute atomic E-state index is 0.124. The first-order valence-corrected chi connectivity index (χ1v) is 9.11. The van der Waals surface area contributed by atoms with Gasteiger partial charge in [0.05, 0.1) is 26.7 Å². The van der Waals surface area contributed by atoms with Gasteiger partial charge in [-0.25, -0.2) is 0 Å². The predicted molar refractivity (Wildman–Crippen MR) is 106 cm³/mol. The van der Waals surface area contributed by atoms with Crippen molar-refractivity contribution in [1.82, 2.24) is 0 Å². The molecule has 1 heterocycles. The maximum absolute atomic E-state index is 13.3. The van der Waals surface area contributed by atoms with Crippen LogP contribution in [0.15, 0.2) is 30.3 Å². The zero-order valence-electron chi connectivity index (χ0n) is 16.9. The third-order valence-corrected chi connectivity index (χ3v) is 5.35. The van der Waals surface area contributed by atoms with Crippen LogP contribution < -0.4 is 19.1 Å². The molecule has 0 N–H and O–H groups in total. The quantitative estimate of drug-likeness (QED) is 0.775. The summed E-state index contributed by atoms with van der Waals surface area (Å²) in [6.45, 7) is 6.73. The lowest BCUT2D eigenvalue weighted by Gasteiger charge is -2.25. The molecule has 3 rings (SSSR count). The van der Waals surface area contributed by atoms with Gasteiger partial charge in [0.1, 0.15) is 0 Å². The third-order valence-electron chi connectivity index (χ3n) is 5.35. The van der Waals surface area contributed by atoms with Crippen molar-refractivity contribution in [2.45, 2.75) is 32.6 Å². The number of carbonyl (C=O) groups is 1. The highest BCUT2D eigenvalue weighted by Gasteiger charge is 2.46. The van der Waals surface area contributed by atoms with Crippen molar-refractivity contribution in [2.24, 2.45) is 0 Å². The van der Waals surface area contributed by atoms with Gasteiger partial charge in [0.15, 0.2) is 11.5 Å². The minimum atomic E-state index is -0.637. The fraction of sp³-hybridized carbons (Fsp3) is 0.409. The van der Waals surface area contributed by atoms with Gasteiger partial charge in [-0.2, -0.15) is 0 Å². The summed E-state index contributed by atoms with van der Waals surface area (Å²) in [6, 6.07) is 10.1. The molecule has 5 nitrogen and oxygen atoms in total. The molecular formula is C22H27NO4. The van der Waals surface area contributed by atoms with E-state index in [2.05, 4.69) is 19.1 Å². The maximum atomic E-state index is 13.3. The van der Waals surface area contributed by atoms with Crippen LogP contribution in [0.4, 0.5) is 5.69 Å². The van der Waals surface area contributed by atoms with Crippen molar-refractivity contribution in [1.29, 1.82) is 0 Å². The van der Waals surface area contributed by atoms with Gasteiger partial charge in [0, 0.05) is 12.2 Å². The van der Waals surface area contributed by atoms with E-state index >= 15 is 0 Å². The molecule has 0 bridgehead atoms. The van der Waals surface area contributed by atoms with Crippen LogP contribution in [0.2, 0.25) is 0 Å². The minimum Gasteiger partial charge on any atom is -0.493 e. The Morgan fingerprint density at radius 3 is 2.15 bits per heavy atom. The van der Waals surface area contributed by atoms with Crippen LogP contribution in [0.5, 0.6) is 17.2 Å². The fourth-order valence-corrected chi connectivity index (χ4v) is 3.98. The van der Waals surface area contributed by atoms with Crippen LogP contribution in [0.1, 0.15) is 30.5 Å². The molecule has 2 aromatic carbocycles. The number of methoxy groups -OCH3 is 3. The zero-order chi connectivity index (χ0) is 19.8. The van der Waals surface area contributed by atoms with Gasteiger partial charge in [-0.3, -0.25) is 4.79 Å². The lowest BCUT2D eigenvalue weighted by molar-refractivity contribution is -0.122. The standard InChI is InChI=1S/C22H27NO4/c1-7-23-17-9-8-14(2)10-16(17)22(3,21(23)24)13-15-11-18(25-4)20(27-6)19(12-15)26-5/h8-12H,7,13H2,1-6H3. The summed E-state index contributed by atoms with van der Waals surface area (Å²) in [5.41, 5.74) is 3.55. The molecule has 1 aliphatic rings. The van der Waals surface area contributed by atoms with E-state index in [1.807, 2.05) is 36.9 Å². The van der Waals surface area contributed by atoms with Gasteiger partial charge < -0.3 is 19.1 Å². The van der Waals surface area contributed by atoms with Crippen LogP contribution in [0, 0.1) is 6.92 Å². The average Bonchev–Trinajstić information content (AvgIpc) is 2.87. The SMILES string of the molecule is CCN1C(=O)C(C)(Cc2cc(OC)c(OC)c(OC)c2)c2cc(C)ccc21. The van der Waals surface area contributed by atoms with E-state index in [1.54, 1.807) is 21.3 Å². The molecule has 0 radical (unpaired) electrons. The number of benzene rings is 2. The highest BCUT2D eigenvalue weighted by Crippen LogP contribution is 2.46. The number of ether oxygens (including phenoxy) is 3. The first-order chi connectivity index (χ1) is 12.9. The molecule has 1 aliphatic heterocycles. The molecule has 0 spiro atoms. The van der Waals surface area contributed by atoms with E-state index in [0.717, 1.165) is 22.4 Å². The summed E-state index contributed by atoms with van der Waals surface area (Å²) < 4.78 is 16.4. The first-order valence-electron chi connectivity index (χ1n) is 9.11. The lowest BCUT2D eigenvalue weighted by atomic mass is 9.78. The molecule has 0 saturated heterocycles. The van der Waals surface area contributed by atoms with Crippen molar-refractivity contribution in [3.05, 3.63) is 47.0 Å². The Balaban J connectivity index is 2.10. The summed E-state index contributed by atoms with van der Waals surface area (Å²) in [6.07, 6.45) is 0.551. The summed E-state index contributed by atoms with van der Waals surface area (Å²) >= 11 is 0. The van der Waals surface area contributed by atoms with E-state index in [9.17, 15) is 4.79 Å². The number of hydrogen-bond acceptors (Lipinski definition) is 4. The van der Waals surface area contributed by atoms with Gasteiger partial charge in [-0.1, -0.05) is 17.7 Å². The first kappa shape index (κ1) is 19.1. The number of aryl methyl sites for hydroxylation is 1. The van der Waals surface area contributed by atoms with E-state index in [4.69, 9.17) is 14.2 Å². The summed E-state index contributed by atoms with van der Waals surface area (Å²) in [4.78, 5) is 15.2. The number of fused-ring (bicyclic) bond motifs is 1. The number of rotatable bonds is 6. The second-order valence-corrected chi connectivity index (χ2v) is 7.11. The molecule has 144 valence electrons. The van der Waals surface area contributed by atoms with E-state index < -0.39 is 5.41 Å². The molecule has 5 heteroatoms. The summed E-state index contributed by atoms with van der Waals surface area (Å²) in [7, 11) is 4.78. The van der Waals surface area contributed by atoms with Gasteiger partial charge in [0.2, 0.25) is 11.7 Å². The van der Waals surface area contributed by atoms with E-state index in [1.165, 1.54) is 0 Å². The van der Waals surface area contributed by atoms with E-state index in [-0.39, 0.29) is 5.91 Å². The number of amides is 1. The summed E-state index contributed by atoms with van der Waals surface area (Å²) in [5, 5.41) is 0. The molecule has 2 aromatic rings. The molecule has 1 atom stereocenters. The van der Waals surface area contributed by atoms with Gasteiger partial charge >= 0.3 is 0 Å². The van der Waals surface area contributed by atoms with Gasteiger partial charge in [0.25, 0.3) is 0 Å². The smallest absolute Gasteiger partial charge is 0.237 e. The van der Waals surface area contributed by atoms with Crippen molar-refractivity contribution in [3.63, 3.8) is 0 Å².